The number of aromatic nitrogens is 1. The summed E-state index contributed by atoms with van der Waals surface area (Å²) in [6.07, 6.45) is -0.0848. The fourth-order valence-electron chi connectivity index (χ4n) is 1.89. The van der Waals surface area contributed by atoms with Gasteiger partial charge in [-0.15, -0.1) is 0 Å². The zero-order chi connectivity index (χ0) is 15.3. The van der Waals surface area contributed by atoms with Crippen molar-refractivity contribution in [2.24, 2.45) is 0 Å². The van der Waals surface area contributed by atoms with Crippen molar-refractivity contribution in [2.75, 3.05) is 6.54 Å². The second-order valence-corrected chi connectivity index (χ2v) is 4.64. The molecule has 0 aromatic carbocycles. The molecule has 0 saturated carbocycles. The van der Waals surface area contributed by atoms with E-state index in [0.29, 0.717) is 12.4 Å². The predicted octanol–water partition coefficient (Wildman–Crippen LogP) is 1.69. The number of hydrogen-bond donors (Lipinski definition) is 2. The zero-order valence-electron chi connectivity index (χ0n) is 12.3. The topological polar surface area (TPSA) is 95.7 Å². The number of aliphatic carboxylic acids is 1. The Bertz CT molecular complexity index is 464. The van der Waals surface area contributed by atoms with E-state index >= 15 is 0 Å². The Balaban J connectivity index is 2.57. The number of carboxylic acids is 1. The average Bonchev–Trinajstić information content (AvgIpc) is 2.66. The Hall–Kier alpha value is -2.05. The molecule has 0 saturated heterocycles. The Morgan fingerprint density at radius 3 is 2.55 bits per heavy atom. The molecule has 0 fully saturated rings. The van der Waals surface area contributed by atoms with Crippen LogP contribution in [0.25, 0.3) is 0 Å². The molecule has 0 aliphatic heterocycles. The number of nitrogens with zero attached hydrogens (tertiary/aromatic N) is 2. The summed E-state index contributed by atoms with van der Waals surface area (Å²) in [6, 6.07) is -0.694. The number of nitrogens with one attached hydrogen (secondary N) is 1. The number of carboxylic acid groups (broad SMARTS) is 1. The van der Waals surface area contributed by atoms with Crippen molar-refractivity contribution in [3.05, 3.63) is 17.3 Å². The Morgan fingerprint density at radius 2 is 2.10 bits per heavy atom. The van der Waals surface area contributed by atoms with Crippen molar-refractivity contribution in [2.45, 2.75) is 46.7 Å². The first-order chi connectivity index (χ1) is 9.35. The van der Waals surface area contributed by atoms with E-state index in [1.807, 2.05) is 6.92 Å². The van der Waals surface area contributed by atoms with Crippen LogP contribution >= 0.6 is 0 Å². The first-order valence-electron chi connectivity index (χ1n) is 6.54. The Morgan fingerprint density at radius 1 is 1.45 bits per heavy atom. The number of urea groups is 1. The quantitative estimate of drug-likeness (QED) is 0.828. The average molecular weight is 283 g/mol. The third-order valence-electron chi connectivity index (χ3n) is 3.07. The fourth-order valence-corrected chi connectivity index (χ4v) is 1.89. The van der Waals surface area contributed by atoms with Crippen LogP contribution in [0.5, 0.6) is 0 Å². The molecule has 7 nitrogen and oxygen atoms in total. The molecule has 112 valence electrons. The molecule has 0 aliphatic rings. The molecule has 7 heteroatoms. The lowest BCUT2D eigenvalue weighted by molar-refractivity contribution is -0.138. The van der Waals surface area contributed by atoms with Gasteiger partial charge in [-0.05, 0) is 27.7 Å². The van der Waals surface area contributed by atoms with Gasteiger partial charge in [0.15, 0.2) is 0 Å². The second-order valence-electron chi connectivity index (χ2n) is 4.64. The normalized spacial score (nSPS) is 12.0. The number of carbonyl (C=O) groups is 2. The smallest absolute Gasteiger partial charge is 0.318 e. The van der Waals surface area contributed by atoms with Crippen LogP contribution in [-0.4, -0.2) is 39.6 Å². The number of hydrogen-bond acceptors (Lipinski definition) is 4. The molecule has 2 N–H and O–H groups in total. The van der Waals surface area contributed by atoms with Gasteiger partial charge in [-0.25, -0.2) is 9.78 Å². The Kier molecular flexibility index (Phi) is 5.54. The monoisotopic (exact) mass is 283 g/mol. The van der Waals surface area contributed by atoms with E-state index in [2.05, 4.69) is 10.3 Å². The maximum atomic E-state index is 12.0. The van der Waals surface area contributed by atoms with E-state index < -0.39 is 5.97 Å². The van der Waals surface area contributed by atoms with Gasteiger partial charge in [0, 0.05) is 12.6 Å². The summed E-state index contributed by atoms with van der Waals surface area (Å²) >= 11 is 0. The van der Waals surface area contributed by atoms with Gasteiger partial charge in [-0.2, -0.15) is 0 Å². The highest BCUT2D eigenvalue weighted by molar-refractivity contribution is 5.75. The lowest BCUT2D eigenvalue weighted by Crippen LogP contribution is -2.45. The van der Waals surface area contributed by atoms with E-state index in [-0.39, 0.29) is 25.0 Å². The summed E-state index contributed by atoms with van der Waals surface area (Å²) in [4.78, 5) is 28.3. The molecular formula is C13H21N3O4. The van der Waals surface area contributed by atoms with Crippen molar-refractivity contribution in [1.82, 2.24) is 15.2 Å². The molecule has 1 unspecified atom stereocenters. The maximum Gasteiger partial charge on any atom is 0.318 e. The molecule has 2 amide bonds. The van der Waals surface area contributed by atoms with Crippen LogP contribution < -0.4 is 5.32 Å². The number of rotatable bonds is 6. The predicted molar refractivity (Wildman–Crippen MR) is 72.3 cm³/mol. The van der Waals surface area contributed by atoms with E-state index in [0.717, 1.165) is 11.5 Å². The summed E-state index contributed by atoms with van der Waals surface area (Å²) in [5, 5.41) is 11.5. The van der Waals surface area contributed by atoms with Crippen molar-refractivity contribution in [3.63, 3.8) is 0 Å². The van der Waals surface area contributed by atoms with Crippen LogP contribution in [0.3, 0.4) is 0 Å². The summed E-state index contributed by atoms with van der Waals surface area (Å²) in [6.45, 7) is 7.76. The zero-order valence-corrected chi connectivity index (χ0v) is 12.3. The van der Waals surface area contributed by atoms with Crippen LogP contribution in [0.2, 0.25) is 0 Å². The highest BCUT2D eigenvalue weighted by Gasteiger charge is 2.20. The molecule has 1 heterocycles. The lowest BCUT2D eigenvalue weighted by Gasteiger charge is -2.26. The first kappa shape index (κ1) is 16.0. The minimum Gasteiger partial charge on any atom is -0.481 e. The number of oxazole rings is 1. The molecular weight excluding hydrogens is 262 g/mol. The molecule has 1 atom stereocenters. The van der Waals surface area contributed by atoms with Crippen molar-refractivity contribution < 1.29 is 19.1 Å². The third-order valence-corrected chi connectivity index (χ3v) is 3.07. The van der Waals surface area contributed by atoms with Gasteiger partial charge in [-0.3, -0.25) is 4.79 Å². The van der Waals surface area contributed by atoms with Crippen molar-refractivity contribution in [3.8, 4) is 0 Å². The molecule has 1 aromatic rings. The van der Waals surface area contributed by atoms with Gasteiger partial charge in [-0.1, -0.05) is 0 Å². The minimum atomic E-state index is -0.928. The highest BCUT2D eigenvalue weighted by atomic mass is 16.4. The van der Waals surface area contributed by atoms with Crippen LogP contribution in [0.1, 0.15) is 37.6 Å². The van der Waals surface area contributed by atoms with Gasteiger partial charge in [0.05, 0.1) is 18.7 Å². The summed E-state index contributed by atoms with van der Waals surface area (Å²) in [5.41, 5.74) is 0.792. The van der Waals surface area contributed by atoms with E-state index in [1.165, 1.54) is 4.90 Å². The lowest BCUT2D eigenvalue weighted by atomic mass is 10.2. The van der Waals surface area contributed by atoms with E-state index in [9.17, 15) is 9.59 Å². The van der Waals surface area contributed by atoms with Gasteiger partial charge in [0.1, 0.15) is 5.76 Å². The van der Waals surface area contributed by atoms with Crippen molar-refractivity contribution >= 4 is 12.0 Å². The second kappa shape index (κ2) is 6.93. The molecule has 0 aliphatic carbocycles. The van der Waals surface area contributed by atoms with Crippen molar-refractivity contribution in [1.29, 1.82) is 0 Å². The molecule has 20 heavy (non-hydrogen) atoms. The molecule has 0 bridgehead atoms. The third kappa shape index (κ3) is 4.25. The minimum absolute atomic E-state index is 0.0848. The van der Waals surface area contributed by atoms with E-state index in [4.69, 9.17) is 9.52 Å². The van der Waals surface area contributed by atoms with Crippen LogP contribution in [0.4, 0.5) is 4.79 Å². The molecule has 1 rings (SSSR count). The molecule has 0 radical (unpaired) electrons. The SMILES string of the molecule is CCN(C(=O)NCc1nc(C)c(C)o1)C(C)CC(=O)O. The van der Waals surface area contributed by atoms with Gasteiger partial charge >= 0.3 is 12.0 Å². The van der Waals surface area contributed by atoms with E-state index in [1.54, 1.807) is 20.8 Å². The Labute approximate surface area is 118 Å². The first-order valence-corrected chi connectivity index (χ1v) is 6.54. The van der Waals surface area contributed by atoms with Gasteiger partial charge in [0.2, 0.25) is 5.89 Å². The molecule has 0 spiro atoms. The summed E-state index contributed by atoms with van der Waals surface area (Å²) < 4.78 is 5.36. The van der Waals surface area contributed by atoms with Crippen LogP contribution in [0.15, 0.2) is 4.42 Å². The maximum absolute atomic E-state index is 12.0. The largest absolute Gasteiger partial charge is 0.481 e. The van der Waals surface area contributed by atoms with Gasteiger partial charge < -0.3 is 19.7 Å². The highest BCUT2D eigenvalue weighted by Crippen LogP contribution is 2.09. The number of carbonyl (C=O) groups excluding carboxylic acids is 1. The number of aryl methyl sites for hydroxylation is 2. The van der Waals surface area contributed by atoms with Gasteiger partial charge in [0.25, 0.3) is 0 Å². The standard InChI is InChI=1S/C13H21N3O4/c1-5-16(8(2)6-12(17)18)13(19)14-7-11-15-9(3)10(4)20-11/h8H,5-7H2,1-4H3,(H,14,19)(H,17,18). The fraction of sp³-hybridized carbons (Fsp3) is 0.615. The van der Waals surface area contributed by atoms with Crippen LogP contribution in [0, 0.1) is 13.8 Å². The summed E-state index contributed by atoms with van der Waals surface area (Å²) in [7, 11) is 0. The number of amides is 2. The van der Waals surface area contributed by atoms with Crippen LogP contribution in [-0.2, 0) is 11.3 Å². The summed E-state index contributed by atoms with van der Waals surface area (Å²) in [5.74, 6) is 0.235. The molecule has 1 aromatic heterocycles.